The van der Waals surface area contributed by atoms with Crippen LogP contribution in [0.4, 0.5) is 19.0 Å². The molecule has 0 amide bonds. The minimum Gasteiger partial charge on any atom is -0.357 e. The smallest absolute Gasteiger partial charge is 0.357 e. The summed E-state index contributed by atoms with van der Waals surface area (Å²) in [6, 6.07) is 5.99. The molecule has 1 fully saturated rings. The SMILES string of the molecule is FC(F)(F)c1cccc(N2CCC(c3ccn[nH]3)CC2)n1. The number of aromatic nitrogens is 3. The van der Waals surface area contributed by atoms with E-state index in [-0.39, 0.29) is 0 Å². The van der Waals surface area contributed by atoms with E-state index in [1.807, 2.05) is 11.0 Å². The fourth-order valence-electron chi connectivity index (χ4n) is 2.67. The zero-order chi connectivity index (χ0) is 14.9. The van der Waals surface area contributed by atoms with E-state index in [2.05, 4.69) is 15.2 Å². The second kappa shape index (κ2) is 5.38. The van der Waals surface area contributed by atoms with Crippen LogP contribution in [0.5, 0.6) is 0 Å². The lowest BCUT2D eigenvalue weighted by Crippen LogP contribution is -2.33. The van der Waals surface area contributed by atoms with E-state index in [9.17, 15) is 13.2 Å². The van der Waals surface area contributed by atoms with Crippen LogP contribution in [0.3, 0.4) is 0 Å². The second-order valence-electron chi connectivity index (χ2n) is 5.15. The van der Waals surface area contributed by atoms with E-state index in [1.54, 1.807) is 12.3 Å². The number of H-pyrrole nitrogens is 1. The maximum absolute atomic E-state index is 12.7. The molecule has 3 rings (SSSR count). The normalized spacial score (nSPS) is 17.2. The fourth-order valence-corrected chi connectivity index (χ4v) is 2.67. The van der Waals surface area contributed by atoms with Crippen LogP contribution in [0.1, 0.15) is 30.1 Å². The molecule has 0 saturated carbocycles. The zero-order valence-electron chi connectivity index (χ0n) is 11.3. The third kappa shape index (κ3) is 3.01. The van der Waals surface area contributed by atoms with E-state index in [1.165, 1.54) is 6.07 Å². The van der Waals surface area contributed by atoms with Gasteiger partial charge in [-0.05, 0) is 31.0 Å². The van der Waals surface area contributed by atoms with Gasteiger partial charge in [-0.1, -0.05) is 6.07 Å². The lowest BCUT2D eigenvalue weighted by Gasteiger charge is -2.32. The highest BCUT2D eigenvalue weighted by atomic mass is 19.4. The second-order valence-corrected chi connectivity index (χ2v) is 5.15. The van der Waals surface area contributed by atoms with Crippen LogP contribution in [-0.4, -0.2) is 28.3 Å². The first-order valence-electron chi connectivity index (χ1n) is 6.82. The van der Waals surface area contributed by atoms with Crippen molar-refractivity contribution in [1.29, 1.82) is 0 Å². The molecule has 2 aromatic rings. The average molecular weight is 296 g/mol. The number of halogens is 3. The van der Waals surface area contributed by atoms with Crippen LogP contribution >= 0.6 is 0 Å². The summed E-state index contributed by atoms with van der Waals surface area (Å²) < 4.78 is 38.1. The molecule has 0 aliphatic carbocycles. The predicted octanol–water partition coefficient (Wildman–Crippen LogP) is 3.21. The molecule has 112 valence electrons. The number of nitrogens with zero attached hydrogens (tertiary/aromatic N) is 3. The van der Waals surface area contributed by atoms with Gasteiger partial charge in [0, 0.05) is 30.9 Å². The molecule has 1 saturated heterocycles. The number of nitrogens with one attached hydrogen (secondary N) is 1. The standard InChI is InChI=1S/C14H15F3N4/c15-14(16,17)12-2-1-3-13(19-12)21-8-5-10(6-9-21)11-4-7-18-20-11/h1-4,7,10H,5-6,8-9H2,(H,18,20). The van der Waals surface area contributed by atoms with Gasteiger partial charge in [-0.15, -0.1) is 0 Å². The Balaban J connectivity index is 1.70. The highest BCUT2D eigenvalue weighted by molar-refractivity contribution is 5.40. The molecule has 0 unspecified atom stereocenters. The molecule has 4 nitrogen and oxygen atoms in total. The summed E-state index contributed by atoms with van der Waals surface area (Å²) in [6.45, 7) is 1.38. The van der Waals surface area contributed by atoms with Crippen molar-refractivity contribution < 1.29 is 13.2 Å². The third-order valence-corrected chi connectivity index (χ3v) is 3.81. The Kier molecular flexibility index (Phi) is 3.57. The Morgan fingerprint density at radius 2 is 1.90 bits per heavy atom. The highest BCUT2D eigenvalue weighted by Crippen LogP contribution is 2.31. The van der Waals surface area contributed by atoms with Gasteiger partial charge in [0.25, 0.3) is 0 Å². The van der Waals surface area contributed by atoms with Crippen molar-refractivity contribution in [2.24, 2.45) is 0 Å². The largest absolute Gasteiger partial charge is 0.433 e. The first-order valence-corrected chi connectivity index (χ1v) is 6.82. The summed E-state index contributed by atoms with van der Waals surface area (Å²) in [4.78, 5) is 5.64. The van der Waals surface area contributed by atoms with Gasteiger partial charge in [0.15, 0.2) is 0 Å². The van der Waals surface area contributed by atoms with Crippen LogP contribution in [-0.2, 0) is 6.18 Å². The Hall–Kier alpha value is -2.05. The summed E-state index contributed by atoms with van der Waals surface area (Å²) in [6.07, 6.45) is -0.930. The number of pyridine rings is 1. The Morgan fingerprint density at radius 1 is 1.14 bits per heavy atom. The van der Waals surface area contributed by atoms with E-state index in [0.29, 0.717) is 24.8 Å². The predicted molar refractivity (Wildman–Crippen MR) is 72.0 cm³/mol. The minimum atomic E-state index is -4.40. The topological polar surface area (TPSA) is 44.8 Å². The van der Waals surface area contributed by atoms with E-state index in [0.717, 1.165) is 24.6 Å². The molecular weight excluding hydrogens is 281 g/mol. The van der Waals surface area contributed by atoms with Crippen molar-refractivity contribution in [3.05, 3.63) is 41.9 Å². The Morgan fingerprint density at radius 3 is 2.52 bits per heavy atom. The van der Waals surface area contributed by atoms with E-state index >= 15 is 0 Å². The molecule has 0 aromatic carbocycles. The molecule has 0 atom stereocenters. The summed E-state index contributed by atoms with van der Waals surface area (Å²) in [5.74, 6) is 0.780. The van der Waals surface area contributed by atoms with Gasteiger partial charge in [0.2, 0.25) is 0 Å². The van der Waals surface area contributed by atoms with Gasteiger partial charge in [0.05, 0.1) is 0 Å². The molecule has 1 aliphatic heterocycles. The van der Waals surface area contributed by atoms with Crippen LogP contribution < -0.4 is 4.90 Å². The Labute approximate surface area is 120 Å². The van der Waals surface area contributed by atoms with Crippen molar-refractivity contribution in [1.82, 2.24) is 15.2 Å². The third-order valence-electron chi connectivity index (χ3n) is 3.81. The van der Waals surface area contributed by atoms with Gasteiger partial charge in [-0.25, -0.2) is 4.98 Å². The molecule has 0 spiro atoms. The number of aromatic amines is 1. The first kappa shape index (κ1) is 13.9. The lowest BCUT2D eigenvalue weighted by molar-refractivity contribution is -0.141. The van der Waals surface area contributed by atoms with Crippen molar-refractivity contribution in [2.45, 2.75) is 24.9 Å². The maximum Gasteiger partial charge on any atom is 0.433 e. The summed E-state index contributed by atoms with van der Waals surface area (Å²) >= 11 is 0. The number of anilines is 1. The van der Waals surface area contributed by atoms with Crippen molar-refractivity contribution in [2.75, 3.05) is 18.0 Å². The molecule has 0 bridgehead atoms. The van der Waals surface area contributed by atoms with Crippen molar-refractivity contribution >= 4 is 5.82 Å². The average Bonchev–Trinajstić information content (AvgIpc) is 3.01. The monoisotopic (exact) mass is 296 g/mol. The molecule has 21 heavy (non-hydrogen) atoms. The van der Waals surface area contributed by atoms with Gasteiger partial charge in [-0.3, -0.25) is 5.10 Å². The molecule has 0 radical (unpaired) electrons. The zero-order valence-corrected chi connectivity index (χ0v) is 11.3. The van der Waals surface area contributed by atoms with Gasteiger partial charge in [0.1, 0.15) is 11.5 Å². The lowest BCUT2D eigenvalue weighted by atomic mass is 9.94. The molecular formula is C14H15F3N4. The minimum absolute atomic E-state index is 0.384. The quantitative estimate of drug-likeness (QED) is 0.925. The highest BCUT2D eigenvalue weighted by Gasteiger charge is 2.33. The number of rotatable bonds is 2. The van der Waals surface area contributed by atoms with Gasteiger partial charge < -0.3 is 4.90 Å². The van der Waals surface area contributed by atoms with E-state index < -0.39 is 11.9 Å². The number of hydrogen-bond acceptors (Lipinski definition) is 3. The van der Waals surface area contributed by atoms with Crippen molar-refractivity contribution in [3.8, 4) is 0 Å². The summed E-state index contributed by atoms with van der Waals surface area (Å²) in [5, 5.41) is 6.89. The number of alkyl halides is 3. The summed E-state index contributed by atoms with van der Waals surface area (Å²) in [7, 11) is 0. The maximum atomic E-state index is 12.7. The molecule has 1 N–H and O–H groups in total. The first-order chi connectivity index (χ1) is 10.0. The van der Waals surface area contributed by atoms with Crippen molar-refractivity contribution in [3.63, 3.8) is 0 Å². The van der Waals surface area contributed by atoms with E-state index in [4.69, 9.17) is 0 Å². The van der Waals surface area contributed by atoms with Crippen LogP contribution in [0.25, 0.3) is 0 Å². The van der Waals surface area contributed by atoms with Gasteiger partial charge >= 0.3 is 6.18 Å². The fraction of sp³-hybridized carbons (Fsp3) is 0.429. The number of hydrogen-bond donors (Lipinski definition) is 1. The molecule has 2 aromatic heterocycles. The molecule has 1 aliphatic rings. The van der Waals surface area contributed by atoms with Crippen LogP contribution in [0, 0.1) is 0 Å². The Bertz CT molecular complexity index is 587. The van der Waals surface area contributed by atoms with Crippen LogP contribution in [0.15, 0.2) is 30.5 Å². The molecule has 3 heterocycles. The molecule has 7 heteroatoms. The summed E-state index contributed by atoms with van der Waals surface area (Å²) in [5.41, 5.74) is 0.252. The number of piperidine rings is 1. The van der Waals surface area contributed by atoms with Gasteiger partial charge in [-0.2, -0.15) is 18.3 Å². The van der Waals surface area contributed by atoms with Crippen LogP contribution in [0.2, 0.25) is 0 Å².